The molecule has 0 radical (unpaired) electrons. The van der Waals surface area contributed by atoms with Gasteiger partial charge in [-0.3, -0.25) is 9.78 Å². The Morgan fingerprint density at radius 1 is 1.20 bits per heavy atom. The summed E-state index contributed by atoms with van der Waals surface area (Å²) in [5.74, 6) is 1.13. The largest absolute Gasteiger partial charge is 0.493 e. The summed E-state index contributed by atoms with van der Waals surface area (Å²) in [5.41, 5.74) is 1.95. The Labute approximate surface area is 176 Å². The number of amides is 1. The van der Waals surface area contributed by atoms with Gasteiger partial charge in [-0.25, -0.2) is 4.72 Å². The Morgan fingerprint density at radius 3 is 2.50 bits per heavy atom. The van der Waals surface area contributed by atoms with E-state index in [1.807, 2.05) is 22.9 Å². The van der Waals surface area contributed by atoms with Crippen molar-refractivity contribution in [1.82, 2.24) is 14.4 Å². The molecule has 1 aliphatic heterocycles. The maximum absolute atomic E-state index is 11.7. The number of hydrogen-bond donors (Lipinski definition) is 2. The van der Waals surface area contributed by atoms with E-state index >= 15 is 0 Å². The monoisotopic (exact) mass is 436 g/mol. The van der Waals surface area contributed by atoms with Gasteiger partial charge in [0.05, 0.1) is 19.7 Å². The first-order valence-corrected chi connectivity index (χ1v) is 11.3. The standard InChI is InChI=1S/C20H28N4O5S/c1-14(25)23-30(26,27)22-9-4-15-6-10-24(11-7-15)18-5-8-21-17-13-20(29-3)19(28-2)12-16(17)18/h5,8,12-13,15,22H,4,6-7,9-11H2,1-3H3,(H,23,25). The van der Waals surface area contributed by atoms with E-state index in [-0.39, 0.29) is 0 Å². The van der Waals surface area contributed by atoms with Gasteiger partial charge in [0.15, 0.2) is 11.5 Å². The van der Waals surface area contributed by atoms with E-state index in [0.29, 0.717) is 24.0 Å². The van der Waals surface area contributed by atoms with Gasteiger partial charge in [-0.15, -0.1) is 0 Å². The third kappa shape index (κ3) is 5.31. The number of aromatic nitrogens is 1. The minimum Gasteiger partial charge on any atom is -0.493 e. The highest BCUT2D eigenvalue weighted by molar-refractivity contribution is 7.88. The summed E-state index contributed by atoms with van der Waals surface area (Å²) in [4.78, 5) is 17.7. The summed E-state index contributed by atoms with van der Waals surface area (Å²) in [6.07, 6.45) is 4.44. The number of nitrogens with one attached hydrogen (secondary N) is 2. The Balaban J connectivity index is 1.62. The van der Waals surface area contributed by atoms with E-state index in [9.17, 15) is 13.2 Å². The van der Waals surface area contributed by atoms with Crippen molar-refractivity contribution in [2.24, 2.45) is 5.92 Å². The molecule has 1 amide bonds. The summed E-state index contributed by atoms with van der Waals surface area (Å²) in [7, 11) is -0.539. The molecule has 1 aromatic carbocycles. The van der Waals surface area contributed by atoms with E-state index in [0.717, 1.165) is 48.9 Å². The van der Waals surface area contributed by atoms with E-state index in [4.69, 9.17) is 9.47 Å². The second-order valence-electron chi connectivity index (χ2n) is 7.33. The van der Waals surface area contributed by atoms with Crippen molar-refractivity contribution in [3.63, 3.8) is 0 Å². The van der Waals surface area contributed by atoms with Gasteiger partial charge in [0.2, 0.25) is 5.91 Å². The first-order valence-electron chi connectivity index (χ1n) is 9.86. The molecule has 9 nitrogen and oxygen atoms in total. The van der Waals surface area contributed by atoms with Gasteiger partial charge in [-0.1, -0.05) is 0 Å². The van der Waals surface area contributed by atoms with E-state index in [1.165, 1.54) is 6.92 Å². The molecule has 0 spiro atoms. The molecule has 2 aromatic rings. The highest BCUT2D eigenvalue weighted by Gasteiger charge is 2.22. The molecule has 30 heavy (non-hydrogen) atoms. The molecule has 0 aliphatic carbocycles. The number of carbonyl (C=O) groups is 1. The molecule has 2 heterocycles. The molecular formula is C20H28N4O5S. The van der Waals surface area contributed by atoms with Crippen LogP contribution in [0, 0.1) is 5.92 Å². The Kier molecular flexibility index (Phi) is 6.99. The van der Waals surface area contributed by atoms with Gasteiger partial charge in [0, 0.05) is 49.9 Å². The van der Waals surface area contributed by atoms with Crippen molar-refractivity contribution < 1.29 is 22.7 Å². The van der Waals surface area contributed by atoms with E-state index in [2.05, 4.69) is 14.6 Å². The molecule has 0 atom stereocenters. The molecule has 164 valence electrons. The van der Waals surface area contributed by atoms with Crippen LogP contribution < -0.4 is 23.8 Å². The van der Waals surface area contributed by atoms with Crippen LogP contribution >= 0.6 is 0 Å². The van der Waals surface area contributed by atoms with Crippen molar-refractivity contribution >= 4 is 32.7 Å². The summed E-state index contributed by atoms with van der Waals surface area (Å²) in [5, 5.41) is 1.01. The highest BCUT2D eigenvalue weighted by atomic mass is 32.2. The van der Waals surface area contributed by atoms with Crippen LogP contribution in [0.3, 0.4) is 0 Å². The molecule has 2 N–H and O–H groups in total. The lowest BCUT2D eigenvalue weighted by atomic mass is 9.93. The average molecular weight is 437 g/mol. The minimum absolute atomic E-state index is 0.308. The Morgan fingerprint density at radius 2 is 1.87 bits per heavy atom. The smallest absolute Gasteiger partial charge is 0.301 e. The van der Waals surface area contributed by atoms with Gasteiger partial charge in [0.25, 0.3) is 0 Å². The normalized spacial score (nSPS) is 15.2. The molecule has 1 aromatic heterocycles. The summed E-state index contributed by atoms with van der Waals surface area (Å²) >= 11 is 0. The van der Waals surface area contributed by atoms with Gasteiger partial charge in [0.1, 0.15) is 0 Å². The third-order valence-corrected chi connectivity index (χ3v) is 6.44. The van der Waals surface area contributed by atoms with Crippen molar-refractivity contribution in [2.75, 3.05) is 38.8 Å². The van der Waals surface area contributed by atoms with Crippen molar-refractivity contribution in [3.8, 4) is 11.5 Å². The number of anilines is 1. The molecule has 3 rings (SSSR count). The van der Waals surface area contributed by atoms with Crippen molar-refractivity contribution in [2.45, 2.75) is 26.2 Å². The number of nitrogens with zero attached hydrogens (tertiary/aromatic N) is 2. The molecule has 0 unspecified atom stereocenters. The van der Waals surface area contributed by atoms with Crippen LogP contribution in [0.25, 0.3) is 10.9 Å². The number of pyridine rings is 1. The van der Waals surface area contributed by atoms with Gasteiger partial charge >= 0.3 is 10.2 Å². The number of hydrogen-bond acceptors (Lipinski definition) is 7. The SMILES string of the molecule is COc1cc2nccc(N3CCC(CCNS(=O)(=O)NC(C)=O)CC3)c2cc1OC. The zero-order valence-electron chi connectivity index (χ0n) is 17.5. The fourth-order valence-corrected chi connectivity index (χ4v) is 4.66. The number of methoxy groups -OCH3 is 2. The predicted octanol–water partition coefficient (Wildman–Crippen LogP) is 1.83. The van der Waals surface area contributed by atoms with Crippen LogP contribution in [-0.4, -0.2) is 53.2 Å². The third-order valence-electron chi connectivity index (χ3n) is 5.30. The maximum atomic E-state index is 11.7. The minimum atomic E-state index is -3.76. The fourth-order valence-electron chi connectivity index (χ4n) is 3.82. The van der Waals surface area contributed by atoms with Crippen LogP contribution in [0.15, 0.2) is 24.4 Å². The highest BCUT2D eigenvalue weighted by Crippen LogP contribution is 2.36. The predicted molar refractivity (Wildman–Crippen MR) is 115 cm³/mol. The first kappa shape index (κ1) is 22.1. The van der Waals surface area contributed by atoms with Crippen LogP contribution in [0.4, 0.5) is 5.69 Å². The average Bonchev–Trinajstić information content (AvgIpc) is 2.71. The lowest BCUT2D eigenvalue weighted by Crippen LogP contribution is -2.40. The number of rotatable bonds is 8. The molecule has 1 fully saturated rings. The van der Waals surface area contributed by atoms with Crippen LogP contribution in [-0.2, 0) is 15.0 Å². The fraction of sp³-hybridized carbons (Fsp3) is 0.500. The zero-order chi connectivity index (χ0) is 21.7. The maximum Gasteiger partial charge on any atom is 0.301 e. The summed E-state index contributed by atoms with van der Waals surface area (Å²) in [6, 6.07) is 5.85. The van der Waals surface area contributed by atoms with Crippen LogP contribution in [0.5, 0.6) is 11.5 Å². The Hall–Kier alpha value is -2.59. The van der Waals surface area contributed by atoms with Gasteiger partial charge in [-0.05, 0) is 37.3 Å². The topological polar surface area (TPSA) is 110 Å². The van der Waals surface area contributed by atoms with Gasteiger partial charge < -0.3 is 14.4 Å². The second kappa shape index (κ2) is 9.48. The van der Waals surface area contributed by atoms with E-state index < -0.39 is 16.1 Å². The summed E-state index contributed by atoms with van der Waals surface area (Å²) in [6.45, 7) is 3.22. The molecular weight excluding hydrogens is 408 g/mol. The molecule has 1 saturated heterocycles. The molecule has 1 aliphatic rings. The lowest BCUT2D eigenvalue weighted by molar-refractivity contribution is -0.117. The number of ether oxygens (including phenoxy) is 2. The van der Waals surface area contributed by atoms with E-state index in [1.54, 1.807) is 20.4 Å². The van der Waals surface area contributed by atoms with Crippen molar-refractivity contribution in [1.29, 1.82) is 0 Å². The lowest BCUT2D eigenvalue weighted by Gasteiger charge is -2.34. The number of piperidine rings is 1. The van der Waals surface area contributed by atoms with Crippen molar-refractivity contribution in [3.05, 3.63) is 24.4 Å². The zero-order valence-corrected chi connectivity index (χ0v) is 18.3. The number of carbonyl (C=O) groups excluding carboxylic acids is 1. The summed E-state index contributed by atoms with van der Waals surface area (Å²) < 4.78 is 38.5. The van der Waals surface area contributed by atoms with Gasteiger partial charge in [-0.2, -0.15) is 13.1 Å². The number of benzene rings is 1. The second-order valence-corrected chi connectivity index (χ2v) is 8.83. The quantitative estimate of drug-likeness (QED) is 0.650. The van der Waals surface area contributed by atoms with Crippen LogP contribution in [0.1, 0.15) is 26.2 Å². The molecule has 0 saturated carbocycles. The molecule has 0 bridgehead atoms. The Bertz CT molecular complexity index is 1000. The molecule has 10 heteroatoms. The first-order chi connectivity index (χ1) is 14.3. The van der Waals surface area contributed by atoms with Crippen LogP contribution in [0.2, 0.25) is 0 Å². The number of fused-ring (bicyclic) bond motifs is 1.